The molecule has 1 aromatic carbocycles. The van der Waals surface area contributed by atoms with Gasteiger partial charge in [-0.25, -0.2) is 4.79 Å². The lowest BCUT2D eigenvalue weighted by atomic mass is 9.73. The van der Waals surface area contributed by atoms with Gasteiger partial charge in [-0.1, -0.05) is 63.4 Å². The van der Waals surface area contributed by atoms with E-state index in [9.17, 15) is 19.2 Å². The number of urea groups is 1. The number of carbonyl (C=O) groups excluding carboxylic acids is 4. The van der Waals surface area contributed by atoms with Crippen LogP contribution in [0.2, 0.25) is 0 Å². The van der Waals surface area contributed by atoms with Crippen molar-refractivity contribution >= 4 is 23.8 Å². The fraction of sp³-hybridized carbons (Fsp3) is 0.565. The molecular formula is C23H31N3O5. The number of hydrogen-bond acceptors (Lipinski definition) is 5. The zero-order valence-electron chi connectivity index (χ0n) is 18.2. The summed E-state index contributed by atoms with van der Waals surface area (Å²) in [5, 5.41) is 5.67. The van der Waals surface area contributed by atoms with Crippen LogP contribution in [0.3, 0.4) is 0 Å². The molecule has 0 radical (unpaired) electrons. The van der Waals surface area contributed by atoms with E-state index >= 15 is 0 Å². The molecule has 4 amide bonds. The van der Waals surface area contributed by atoms with Gasteiger partial charge in [0.1, 0.15) is 12.1 Å². The minimum Gasteiger partial charge on any atom is -0.454 e. The summed E-state index contributed by atoms with van der Waals surface area (Å²) in [5.74, 6) is -1.58. The van der Waals surface area contributed by atoms with E-state index in [0.717, 1.165) is 42.6 Å². The van der Waals surface area contributed by atoms with Crippen molar-refractivity contribution in [1.29, 1.82) is 0 Å². The standard InChI is InChI=1S/C23H31N3O5/c1-3-9-18(17-11-5-4-6-12-17)24-19(27)15-31-20(28)14-26-21(29)23(25-22(26)30)13-8-7-10-16(23)2/h4-6,11-12,16,18H,3,7-10,13-15H2,1-2H3,(H,24,27)(H,25,30)/t16-,18+,23-/m0/s1. The Morgan fingerprint density at radius 3 is 2.68 bits per heavy atom. The highest BCUT2D eigenvalue weighted by Crippen LogP contribution is 2.38. The van der Waals surface area contributed by atoms with Crippen molar-refractivity contribution in [3.8, 4) is 0 Å². The largest absolute Gasteiger partial charge is 0.454 e. The van der Waals surface area contributed by atoms with E-state index in [0.29, 0.717) is 6.42 Å². The van der Waals surface area contributed by atoms with Crippen molar-refractivity contribution in [1.82, 2.24) is 15.5 Å². The van der Waals surface area contributed by atoms with Crippen LogP contribution in [0.1, 0.15) is 64.0 Å². The molecule has 8 heteroatoms. The van der Waals surface area contributed by atoms with Gasteiger partial charge in [-0.3, -0.25) is 19.3 Å². The Balaban J connectivity index is 1.52. The maximum atomic E-state index is 12.9. The first-order chi connectivity index (χ1) is 14.9. The molecule has 1 spiro atoms. The minimum atomic E-state index is -0.921. The molecule has 1 aliphatic carbocycles. The molecule has 2 N–H and O–H groups in total. The fourth-order valence-corrected chi connectivity index (χ4v) is 4.49. The average molecular weight is 430 g/mol. The zero-order chi connectivity index (χ0) is 22.4. The summed E-state index contributed by atoms with van der Waals surface area (Å²) in [6, 6.07) is 8.84. The Labute approximate surface area is 182 Å². The molecule has 0 bridgehead atoms. The molecule has 1 aliphatic heterocycles. The molecule has 1 saturated carbocycles. The van der Waals surface area contributed by atoms with Crippen molar-refractivity contribution in [2.75, 3.05) is 13.2 Å². The van der Waals surface area contributed by atoms with E-state index < -0.39 is 36.6 Å². The third-order valence-corrected chi connectivity index (χ3v) is 6.27. The number of ether oxygens (including phenoxy) is 1. The van der Waals surface area contributed by atoms with E-state index in [1.165, 1.54) is 0 Å². The SMILES string of the molecule is CCC[C@@H](NC(=O)COC(=O)CN1C(=O)N[C@]2(CCCC[C@@H]2C)C1=O)c1ccccc1. The number of hydrogen-bond donors (Lipinski definition) is 2. The molecule has 2 aliphatic rings. The van der Waals surface area contributed by atoms with Crippen molar-refractivity contribution in [3.63, 3.8) is 0 Å². The Kier molecular flexibility index (Phi) is 7.30. The summed E-state index contributed by atoms with van der Waals surface area (Å²) in [7, 11) is 0. The van der Waals surface area contributed by atoms with Gasteiger partial charge in [0.15, 0.2) is 6.61 Å². The molecule has 31 heavy (non-hydrogen) atoms. The molecule has 1 aromatic rings. The van der Waals surface area contributed by atoms with Crippen LogP contribution in [0.5, 0.6) is 0 Å². The lowest BCUT2D eigenvalue weighted by Crippen LogP contribution is -2.54. The summed E-state index contributed by atoms with van der Waals surface area (Å²) in [5.41, 5.74) is 0.0611. The van der Waals surface area contributed by atoms with E-state index in [2.05, 4.69) is 10.6 Å². The minimum absolute atomic E-state index is 0.0120. The number of nitrogens with one attached hydrogen (secondary N) is 2. The number of imide groups is 1. The van der Waals surface area contributed by atoms with Crippen LogP contribution < -0.4 is 10.6 Å². The Bertz CT molecular complexity index is 828. The first-order valence-corrected chi connectivity index (χ1v) is 11.0. The third kappa shape index (κ3) is 5.06. The summed E-state index contributed by atoms with van der Waals surface area (Å²) in [6.07, 6.45) is 4.94. The lowest BCUT2D eigenvalue weighted by molar-refractivity contribution is -0.151. The fourth-order valence-electron chi connectivity index (χ4n) is 4.49. The van der Waals surface area contributed by atoms with Gasteiger partial charge in [0.05, 0.1) is 6.04 Å². The van der Waals surface area contributed by atoms with Crippen LogP contribution in [-0.2, 0) is 19.1 Å². The van der Waals surface area contributed by atoms with Crippen LogP contribution >= 0.6 is 0 Å². The van der Waals surface area contributed by atoms with Gasteiger partial charge in [0, 0.05) is 0 Å². The van der Waals surface area contributed by atoms with Crippen LogP contribution in [-0.4, -0.2) is 47.4 Å². The van der Waals surface area contributed by atoms with Gasteiger partial charge in [0.25, 0.3) is 11.8 Å². The van der Waals surface area contributed by atoms with Gasteiger partial charge < -0.3 is 15.4 Å². The summed E-state index contributed by atoms with van der Waals surface area (Å²) < 4.78 is 5.06. The molecule has 1 heterocycles. The highest BCUT2D eigenvalue weighted by Gasteiger charge is 2.55. The highest BCUT2D eigenvalue weighted by atomic mass is 16.5. The number of nitrogens with zero attached hydrogens (tertiary/aromatic N) is 1. The van der Waals surface area contributed by atoms with Crippen LogP contribution in [0.25, 0.3) is 0 Å². The topological polar surface area (TPSA) is 105 Å². The average Bonchev–Trinajstić information content (AvgIpc) is 2.99. The summed E-state index contributed by atoms with van der Waals surface area (Å²) in [4.78, 5) is 50.7. The summed E-state index contributed by atoms with van der Waals surface area (Å²) in [6.45, 7) is 3.02. The van der Waals surface area contributed by atoms with E-state index in [4.69, 9.17) is 4.74 Å². The first-order valence-electron chi connectivity index (χ1n) is 11.0. The van der Waals surface area contributed by atoms with Crippen LogP contribution in [0.15, 0.2) is 30.3 Å². The second kappa shape index (κ2) is 9.94. The second-order valence-electron chi connectivity index (χ2n) is 8.42. The Hall–Kier alpha value is -2.90. The maximum absolute atomic E-state index is 12.9. The number of benzene rings is 1. The van der Waals surface area contributed by atoms with Crippen molar-refractivity contribution in [2.24, 2.45) is 5.92 Å². The lowest BCUT2D eigenvalue weighted by Gasteiger charge is -2.36. The third-order valence-electron chi connectivity index (χ3n) is 6.27. The van der Waals surface area contributed by atoms with Crippen molar-refractivity contribution < 1.29 is 23.9 Å². The second-order valence-corrected chi connectivity index (χ2v) is 8.42. The van der Waals surface area contributed by atoms with Gasteiger partial charge in [-0.05, 0) is 30.7 Å². The Morgan fingerprint density at radius 1 is 1.26 bits per heavy atom. The molecule has 0 unspecified atom stereocenters. The van der Waals surface area contributed by atoms with Crippen LogP contribution in [0.4, 0.5) is 4.79 Å². The number of esters is 1. The highest BCUT2D eigenvalue weighted by molar-refractivity contribution is 6.09. The van der Waals surface area contributed by atoms with Gasteiger partial charge >= 0.3 is 12.0 Å². The normalized spacial score (nSPS) is 24.1. The summed E-state index contributed by atoms with van der Waals surface area (Å²) >= 11 is 0. The Morgan fingerprint density at radius 2 is 2.00 bits per heavy atom. The molecule has 3 rings (SSSR count). The zero-order valence-corrected chi connectivity index (χ0v) is 18.2. The van der Waals surface area contributed by atoms with E-state index in [1.54, 1.807) is 0 Å². The van der Waals surface area contributed by atoms with Crippen molar-refractivity contribution in [3.05, 3.63) is 35.9 Å². The van der Waals surface area contributed by atoms with Gasteiger partial charge in [-0.15, -0.1) is 0 Å². The molecular weight excluding hydrogens is 398 g/mol. The van der Waals surface area contributed by atoms with Crippen molar-refractivity contribution in [2.45, 2.75) is 64.0 Å². The van der Waals surface area contributed by atoms with Gasteiger partial charge in [0.2, 0.25) is 0 Å². The predicted molar refractivity (Wildman–Crippen MR) is 114 cm³/mol. The smallest absolute Gasteiger partial charge is 0.326 e. The molecule has 8 nitrogen and oxygen atoms in total. The molecule has 3 atom stereocenters. The van der Waals surface area contributed by atoms with E-state index in [-0.39, 0.29) is 17.9 Å². The molecule has 168 valence electrons. The molecule has 2 fully saturated rings. The van der Waals surface area contributed by atoms with E-state index in [1.807, 2.05) is 44.2 Å². The van der Waals surface area contributed by atoms with Crippen LogP contribution in [0, 0.1) is 5.92 Å². The predicted octanol–water partition coefficient (Wildman–Crippen LogP) is 2.69. The number of rotatable bonds is 8. The quantitative estimate of drug-likeness (QED) is 0.488. The first kappa shape index (κ1) is 22.8. The maximum Gasteiger partial charge on any atom is 0.326 e. The number of amides is 4. The van der Waals surface area contributed by atoms with Gasteiger partial charge in [-0.2, -0.15) is 0 Å². The molecule has 0 aromatic heterocycles. The molecule has 1 saturated heterocycles. The monoisotopic (exact) mass is 429 g/mol. The number of carbonyl (C=O) groups is 4.